The Morgan fingerprint density at radius 2 is 1.76 bits per heavy atom. The molecule has 0 spiro atoms. The molecule has 2 aromatic heterocycles. The Bertz CT molecular complexity index is 1130. The topological polar surface area (TPSA) is 80.7 Å². The number of rotatable bonds is 5. The monoisotopic (exact) mass is 459 g/mol. The standard InChI is InChI=1S/C26H29N5O3/c1-19-17-24(34-22-5-3-2-4-6-22)29-25(28-19)20-8-11-31(12-9-20)26(32)21-7-10-27-23(18-21)30-13-15-33-16-14-30/h2-7,10,17-18,20H,8-9,11-16H2,1H3. The lowest BCUT2D eigenvalue weighted by atomic mass is 9.95. The molecule has 2 fully saturated rings. The zero-order valence-corrected chi connectivity index (χ0v) is 19.4. The maximum Gasteiger partial charge on any atom is 0.254 e. The number of carbonyl (C=O) groups excluding carboxylic acids is 1. The van der Waals surface area contributed by atoms with Gasteiger partial charge < -0.3 is 19.3 Å². The second-order valence-corrected chi connectivity index (χ2v) is 8.69. The van der Waals surface area contributed by atoms with Crippen LogP contribution in [-0.2, 0) is 4.74 Å². The highest BCUT2D eigenvalue weighted by atomic mass is 16.5. The molecule has 34 heavy (non-hydrogen) atoms. The molecule has 4 heterocycles. The van der Waals surface area contributed by atoms with Gasteiger partial charge in [0.05, 0.1) is 13.2 Å². The molecule has 0 radical (unpaired) electrons. The highest BCUT2D eigenvalue weighted by molar-refractivity contribution is 5.95. The van der Waals surface area contributed by atoms with E-state index in [0.29, 0.717) is 37.7 Å². The van der Waals surface area contributed by atoms with Crippen molar-refractivity contribution < 1.29 is 14.3 Å². The zero-order chi connectivity index (χ0) is 23.3. The highest BCUT2D eigenvalue weighted by Gasteiger charge is 2.27. The summed E-state index contributed by atoms with van der Waals surface area (Å²) >= 11 is 0. The first kappa shape index (κ1) is 22.3. The van der Waals surface area contributed by atoms with Crippen LogP contribution in [0, 0.1) is 6.92 Å². The Balaban J connectivity index is 1.23. The van der Waals surface area contributed by atoms with Gasteiger partial charge >= 0.3 is 0 Å². The number of anilines is 1. The molecule has 8 heteroatoms. The van der Waals surface area contributed by atoms with Gasteiger partial charge in [-0.2, -0.15) is 4.98 Å². The van der Waals surface area contributed by atoms with E-state index in [1.54, 1.807) is 12.3 Å². The Morgan fingerprint density at radius 1 is 1.00 bits per heavy atom. The molecule has 8 nitrogen and oxygen atoms in total. The average molecular weight is 460 g/mol. The maximum atomic E-state index is 13.2. The van der Waals surface area contributed by atoms with E-state index in [-0.39, 0.29) is 11.8 Å². The van der Waals surface area contributed by atoms with Crippen LogP contribution in [0.4, 0.5) is 5.82 Å². The summed E-state index contributed by atoms with van der Waals surface area (Å²) in [7, 11) is 0. The maximum absolute atomic E-state index is 13.2. The summed E-state index contributed by atoms with van der Waals surface area (Å²) in [6, 6.07) is 15.2. The van der Waals surface area contributed by atoms with Gasteiger partial charge in [0.25, 0.3) is 5.91 Å². The SMILES string of the molecule is Cc1cc(Oc2ccccc2)nc(C2CCN(C(=O)c3ccnc(N4CCOCC4)c3)CC2)n1. The number of amides is 1. The van der Waals surface area contributed by atoms with Crippen LogP contribution in [0.2, 0.25) is 0 Å². The number of hydrogen-bond donors (Lipinski definition) is 0. The fraction of sp³-hybridized carbons (Fsp3) is 0.385. The van der Waals surface area contributed by atoms with Crippen molar-refractivity contribution in [1.29, 1.82) is 0 Å². The summed E-state index contributed by atoms with van der Waals surface area (Å²) in [6.45, 7) is 6.26. The minimum absolute atomic E-state index is 0.0496. The number of ether oxygens (including phenoxy) is 2. The van der Waals surface area contributed by atoms with E-state index in [4.69, 9.17) is 9.47 Å². The summed E-state index contributed by atoms with van der Waals surface area (Å²) in [5.41, 5.74) is 1.56. The zero-order valence-electron chi connectivity index (χ0n) is 19.4. The van der Waals surface area contributed by atoms with Crippen LogP contribution < -0.4 is 9.64 Å². The molecular weight excluding hydrogens is 430 g/mol. The molecule has 0 unspecified atom stereocenters. The first-order valence-corrected chi connectivity index (χ1v) is 11.8. The molecule has 2 saturated heterocycles. The van der Waals surface area contributed by atoms with Crippen molar-refractivity contribution in [3.05, 3.63) is 71.8 Å². The van der Waals surface area contributed by atoms with E-state index in [2.05, 4.69) is 19.9 Å². The van der Waals surface area contributed by atoms with Crippen LogP contribution in [-0.4, -0.2) is 65.2 Å². The molecule has 0 saturated carbocycles. The molecule has 0 N–H and O–H groups in total. The molecule has 2 aliphatic heterocycles. The number of aromatic nitrogens is 3. The first-order chi connectivity index (χ1) is 16.7. The van der Waals surface area contributed by atoms with Crippen LogP contribution in [0.25, 0.3) is 0 Å². The molecule has 0 aliphatic carbocycles. The van der Waals surface area contributed by atoms with E-state index in [0.717, 1.165) is 49.0 Å². The van der Waals surface area contributed by atoms with Crippen LogP contribution >= 0.6 is 0 Å². The van der Waals surface area contributed by atoms with Gasteiger partial charge in [-0.1, -0.05) is 18.2 Å². The minimum atomic E-state index is 0.0496. The number of aryl methyl sites for hydroxylation is 1. The van der Waals surface area contributed by atoms with Crippen molar-refractivity contribution in [2.24, 2.45) is 0 Å². The molecule has 0 bridgehead atoms. The van der Waals surface area contributed by atoms with Crippen molar-refractivity contribution in [3.8, 4) is 11.6 Å². The number of para-hydroxylation sites is 1. The molecule has 0 atom stereocenters. The lowest BCUT2D eigenvalue weighted by molar-refractivity contribution is 0.0710. The van der Waals surface area contributed by atoms with Gasteiger partial charge in [0.15, 0.2) is 0 Å². The van der Waals surface area contributed by atoms with Gasteiger partial charge in [-0.15, -0.1) is 0 Å². The third-order valence-electron chi connectivity index (χ3n) is 6.29. The lowest BCUT2D eigenvalue weighted by Gasteiger charge is -2.32. The Labute approximate surface area is 199 Å². The molecule has 5 rings (SSSR count). The van der Waals surface area contributed by atoms with Gasteiger partial charge in [-0.25, -0.2) is 9.97 Å². The van der Waals surface area contributed by atoms with Crippen molar-refractivity contribution in [2.45, 2.75) is 25.7 Å². The predicted molar refractivity (Wildman–Crippen MR) is 128 cm³/mol. The van der Waals surface area contributed by atoms with E-state index in [9.17, 15) is 4.79 Å². The van der Waals surface area contributed by atoms with Crippen molar-refractivity contribution in [2.75, 3.05) is 44.3 Å². The van der Waals surface area contributed by atoms with Gasteiger partial charge in [0.2, 0.25) is 5.88 Å². The third-order valence-corrected chi connectivity index (χ3v) is 6.29. The van der Waals surface area contributed by atoms with E-state index >= 15 is 0 Å². The van der Waals surface area contributed by atoms with Gasteiger partial charge in [-0.05, 0) is 44.0 Å². The molecule has 3 aromatic rings. The fourth-order valence-electron chi connectivity index (χ4n) is 4.45. The molecular formula is C26H29N5O3. The quantitative estimate of drug-likeness (QED) is 0.574. The van der Waals surface area contributed by atoms with Gasteiger partial charge in [0.1, 0.15) is 17.4 Å². The van der Waals surface area contributed by atoms with Crippen LogP contribution in [0.1, 0.15) is 40.6 Å². The normalized spacial score (nSPS) is 17.0. The van der Waals surface area contributed by atoms with E-state index in [1.807, 2.05) is 54.3 Å². The largest absolute Gasteiger partial charge is 0.439 e. The first-order valence-electron chi connectivity index (χ1n) is 11.8. The van der Waals surface area contributed by atoms with Crippen LogP contribution in [0.5, 0.6) is 11.6 Å². The summed E-state index contributed by atoms with van der Waals surface area (Å²) in [5.74, 6) is 3.18. The average Bonchev–Trinajstić information content (AvgIpc) is 2.89. The molecule has 1 amide bonds. The number of benzene rings is 1. The van der Waals surface area contributed by atoms with Crippen LogP contribution in [0.15, 0.2) is 54.7 Å². The van der Waals surface area contributed by atoms with Gasteiger partial charge in [0, 0.05) is 55.6 Å². The van der Waals surface area contributed by atoms with Crippen molar-refractivity contribution in [3.63, 3.8) is 0 Å². The number of morpholine rings is 1. The Hall–Kier alpha value is -3.52. The summed E-state index contributed by atoms with van der Waals surface area (Å²) in [5, 5.41) is 0. The Morgan fingerprint density at radius 3 is 2.53 bits per heavy atom. The van der Waals surface area contributed by atoms with Crippen molar-refractivity contribution in [1.82, 2.24) is 19.9 Å². The number of piperidine rings is 1. The molecule has 176 valence electrons. The van der Waals surface area contributed by atoms with Crippen molar-refractivity contribution >= 4 is 11.7 Å². The number of pyridine rings is 1. The van der Waals surface area contributed by atoms with Gasteiger partial charge in [-0.3, -0.25) is 4.79 Å². The molecule has 2 aliphatic rings. The summed E-state index contributed by atoms with van der Waals surface area (Å²) < 4.78 is 11.4. The summed E-state index contributed by atoms with van der Waals surface area (Å²) in [6.07, 6.45) is 3.36. The summed E-state index contributed by atoms with van der Waals surface area (Å²) in [4.78, 5) is 31.1. The van der Waals surface area contributed by atoms with E-state index in [1.165, 1.54) is 0 Å². The number of nitrogens with zero attached hydrogens (tertiary/aromatic N) is 5. The van der Waals surface area contributed by atoms with E-state index < -0.39 is 0 Å². The number of carbonyl (C=O) groups is 1. The smallest absolute Gasteiger partial charge is 0.254 e. The lowest BCUT2D eigenvalue weighted by Crippen LogP contribution is -2.39. The Kier molecular flexibility index (Phi) is 6.67. The number of hydrogen-bond acceptors (Lipinski definition) is 7. The highest BCUT2D eigenvalue weighted by Crippen LogP contribution is 2.29. The third kappa shape index (κ3) is 5.17. The second kappa shape index (κ2) is 10.2. The minimum Gasteiger partial charge on any atom is -0.439 e. The number of likely N-dealkylation sites (tertiary alicyclic amines) is 1. The molecule has 1 aromatic carbocycles. The predicted octanol–water partition coefficient (Wildman–Crippen LogP) is 3.83. The van der Waals surface area contributed by atoms with Crippen LogP contribution in [0.3, 0.4) is 0 Å². The second-order valence-electron chi connectivity index (χ2n) is 8.69. The fourth-order valence-corrected chi connectivity index (χ4v) is 4.45.